The van der Waals surface area contributed by atoms with Gasteiger partial charge in [0.05, 0.1) is 24.8 Å². The minimum atomic E-state index is -0.205. The van der Waals surface area contributed by atoms with Crippen LogP contribution in [-0.4, -0.2) is 16.4 Å². The van der Waals surface area contributed by atoms with Crippen molar-refractivity contribution < 1.29 is 4.74 Å². The van der Waals surface area contributed by atoms with Gasteiger partial charge in [-0.15, -0.1) is 0 Å². The lowest BCUT2D eigenvalue weighted by Gasteiger charge is -2.09. The van der Waals surface area contributed by atoms with Crippen molar-refractivity contribution in [2.24, 2.45) is 0 Å². The fraction of sp³-hybridized carbons (Fsp3) is 0.312. The molecule has 5 nitrogen and oxygen atoms in total. The zero-order valence-electron chi connectivity index (χ0n) is 12.2. The molecule has 2 rings (SSSR count). The van der Waals surface area contributed by atoms with E-state index in [0.717, 1.165) is 11.3 Å². The van der Waals surface area contributed by atoms with Crippen molar-refractivity contribution in [3.63, 3.8) is 0 Å². The standard InChI is InChI=1S/C16H17N3O2/c1-3-19-16(20)13(8-9-17)11-15(18-19)12-6-5-7-14(10-12)21-4-2/h5-7,10-11H,3-4,8H2,1-2H3. The Bertz CT molecular complexity index is 729. The molecule has 0 saturated carbocycles. The van der Waals surface area contributed by atoms with Gasteiger partial charge in [0.25, 0.3) is 5.56 Å². The highest BCUT2D eigenvalue weighted by atomic mass is 16.5. The Morgan fingerprint density at radius 3 is 2.81 bits per heavy atom. The SMILES string of the molecule is CCOc1cccc(-c2cc(CC#N)c(=O)n(CC)n2)c1. The quantitative estimate of drug-likeness (QED) is 0.845. The lowest BCUT2D eigenvalue weighted by molar-refractivity contribution is 0.340. The molecule has 0 N–H and O–H groups in total. The molecule has 0 atom stereocenters. The maximum atomic E-state index is 12.1. The first kappa shape index (κ1) is 14.8. The summed E-state index contributed by atoms with van der Waals surface area (Å²) < 4.78 is 6.86. The summed E-state index contributed by atoms with van der Waals surface area (Å²) in [5.74, 6) is 0.757. The number of aromatic nitrogens is 2. The molecule has 0 fully saturated rings. The first-order valence-electron chi connectivity index (χ1n) is 6.90. The molecule has 21 heavy (non-hydrogen) atoms. The van der Waals surface area contributed by atoms with Gasteiger partial charge in [0.15, 0.2) is 0 Å². The Hall–Kier alpha value is -2.61. The average molecular weight is 283 g/mol. The highest BCUT2D eigenvalue weighted by Crippen LogP contribution is 2.22. The molecule has 2 aromatic rings. The Kier molecular flexibility index (Phi) is 4.72. The summed E-state index contributed by atoms with van der Waals surface area (Å²) in [6.07, 6.45) is 0.0828. The van der Waals surface area contributed by atoms with Crippen LogP contribution >= 0.6 is 0 Å². The number of nitriles is 1. The molecule has 0 amide bonds. The molecule has 5 heteroatoms. The van der Waals surface area contributed by atoms with Gasteiger partial charge >= 0.3 is 0 Å². The van der Waals surface area contributed by atoms with Gasteiger partial charge < -0.3 is 4.74 Å². The van der Waals surface area contributed by atoms with Crippen LogP contribution in [0.4, 0.5) is 0 Å². The van der Waals surface area contributed by atoms with Gasteiger partial charge in [-0.2, -0.15) is 10.4 Å². The minimum Gasteiger partial charge on any atom is -0.494 e. The molecule has 0 radical (unpaired) electrons. The molecule has 0 unspecified atom stereocenters. The van der Waals surface area contributed by atoms with Crippen LogP contribution in [0.1, 0.15) is 19.4 Å². The smallest absolute Gasteiger partial charge is 0.271 e. The van der Waals surface area contributed by atoms with Crippen LogP contribution in [0.25, 0.3) is 11.3 Å². The van der Waals surface area contributed by atoms with Crippen molar-refractivity contribution in [3.05, 3.63) is 46.2 Å². The topological polar surface area (TPSA) is 67.9 Å². The van der Waals surface area contributed by atoms with E-state index < -0.39 is 0 Å². The van der Waals surface area contributed by atoms with Crippen molar-refractivity contribution in [3.8, 4) is 23.1 Å². The fourth-order valence-corrected chi connectivity index (χ4v) is 2.08. The van der Waals surface area contributed by atoms with Crippen molar-refractivity contribution in [2.75, 3.05) is 6.61 Å². The molecule has 0 aliphatic heterocycles. The van der Waals surface area contributed by atoms with Crippen molar-refractivity contribution in [2.45, 2.75) is 26.8 Å². The normalized spacial score (nSPS) is 10.1. The molecule has 1 aromatic carbocycles. The van der Waals surface area contributed by atoms with Crippen LogP contribution in [0.3, 0.4) is 0 Å². The number of nitrogens with zero attached hydrogens (tertiary/aromatic N) is 3. The van der Waals surface area contributed by atoms with Crippen LogP contribution in [0.2, 0.25) is 0 Å². The second-order valence-electron chi connectivity index (χ2n) is 4.47. The number of hydrogen-bond acceptors (Lipinski definition) is 4. The zero-order valence-corrected chi connectivity index (χ0v) is 12.2. The molecular weight excluding hydrogens is 266 g/mol. The largest absolute Gasteiger partial charge is 0.494 e. The third kappa shape index (κ3) is 3.29. The van der Waals surface area contributed by atoms with Crippen LogP contribution in [0.15, 0.2) is 35.1 Å². The van der Waals surface area contributed by atoms with E-state index in [1.807, 2.05) is 44.2 Å². The van der Waals surface area contributed by atoms with Crippen molar-refractivity contribution in [1.82, 2.24) is 9.78 Å². The van der Waals surface area contributed by atoms with Gasteiger partial charge in [-0.25, -0.2) is 4.68 Å². The van der Waals surface area contributed by atoms with E-state index in [2.05, 4.69) is 5.10 Å². The molecule has 1 heterocycles. The number of hydrogen-bond donors (Lipinski definition) is 0. The molecule has 0 saturated heterocycles. The Morgan fingerprint density at radius 1 is 1.33 bits per heavy atom. The van der Waals surface area contributed by atoms with Crippen molar-refractivity contribution >= 4 is 0 Å². The minimum absolute atomic E-state index is 0.0828. The van der Waals surface area contributed by atoms with E-state index in [-0.39, 0.29) is 12.0 Å². The third-order valence-corrected chi connectivity index (χ3v) is 3.06. The van der Waals surface area contributed by atoms with E-state index in [4.69, 9.17) is 10.00 Å². The molecule has 0 aliphatic rings. The summed E-state index contributed by atoms with van der Waals surface area (Å²) in [7, 11) is 0. The summed E-state index contributed by atoms with van der Waals surface area (Å²) in [6.45, 7) is 4.83. The highest BCUT2D eigenvalue weighted by molar-refractivity contribution is 5.61. The molecule has 0 bridgehead atoms. The van der Waals surface area contributed by atoms with Gasteiger partial charge in [0.2, 0.25) is 0 Å². The number of rotatable bonds is 5. The summed E-state index contributed by atoms with van der Waals surface area (Å²) >= 11 is 0. The van der Waals surface area contributed by atoms with E-state index in [1.165, 1.54) is 4.68 Å². The molecule has 1 aromatic heterocycles. The van der Waals surface area contributed by atoms with Gasteiger partial charge in [-0.1, -0.05) is 12.1 Å². The number of ether oxygens (including phenoxy) is 1. The Labute approximate surface area is 123 Å². The molecular formula is C16H17N3O2. The predicted octanol–water partition coefficient (Wildman–Crippen LogP) is 2.39. The van der Waals surface area contributed by atoms with E-state index >= 15 is 0 Å². The second kappa shape index (κ2) is 6.71. The average Bonchev–Trinajstić information content (AvgIpc) is 2.50. The van der Waals surface area contributed by atoms with E-state index in [9.17, 15) is 4.79 Å². The fourth-order valence-electron chi connectivity index (χ4n) is 2.08. The Balaban J connectivity index is 2.53. The van der Waals surface area contributed by atoms with Gasteiger partial charge in [0, 0.05) is 17.7 Å². The van der Waals surface area contributed by atoms with Gasteiger partial charge in [-0.05, 0) is 32.0 Å². The maximum absolute atomic E-state index is 12.1. The van der Waals surface area contributed by atoms with Gasteiger partial charge in [0.1, 0.15) is 5.75 Å². The summed E-state index contributed by atoms with van der Waals surface area (Å²) in [5, 5.41) is 13.2. The van der Waals surface area contributed by atoms with Crippen LogP contribution < -0.4 is 10.3 Å². The molecule has 0 spiro atoms. The van der Waals surface area contributed by atoms with Crippen LogP contribution in [0.5, 0.6) is 5.75 Å². The lowest BCUT2D eigenvalue weighted by atomic mass is 10.1. The first-order valence-corrected chi connectivity index (χ1v) is 6.90. The second-order valence-corrected chi connectivity index (χ2v) is 4.47. The van der Waals surface area contributed by atoms with Crippen LogP contribution in [0, 0.1) is 11.3 Å². The third-order valence-electron chi connectivity index (χ3n) is 3.06. The predicted molar refractivity (Wildman–Crippen MR) is 80.1 cm³/mol. The number of aryl methyl sites for hydroxylation is 1. The van der Waals surface area contributed by atoms with Crippen molar-refractivity contribution in [1.29, 1.82) is 5.26 Å². The van der Waals surface area contributed by atoms with E-state index in [0.29, 0.717) is 24.4 Å². The Morgan fingerprint density at radius 2 is 2.14 bits per heavy atom. The summed E-state index contributed by atoms with van der Waals surface area (Å²) in [4.78, 5) is 12.1. The number of benzene rings is 1. The van der Waals surface area contributed by atoms with Crippen LogP contribution in [-0.2, 0) is 13.0 Å². The van der Waals surface area contributed by atoms with E-state index in [1.54, 1.807) is 6.07 Å². The molecule has 108 valence electrons. The molecule has 0 aliphatic carbocycles. The monoisotopic (exact) mass is 283 g/mol. The maximum Gasteiger partial charge on any atom is 0.271 e. The first-order chi connectivity index (χ1) is 10.2. The zero-order chi connectivity index (χ0) is 15.2. The van der Waals surface area contributed by atoms with Gasteiger partial charge in [-0.3, -0.25) is 4.79 Å². The highest BCUT2D eigenvalue weighted by Gasteiger charge is 2.09. The summed E-state index contributed by atoms with van der Waals surface area (Å²) in [6, 6.07) is 11.2. The lowest BCUT2D eigenvalue weighted by Crippen LogP contribution is -2.25. The summed E-state index contributed by atoms with van der Waals surface area (Å²) in [5.41, 5.74) is 1.79.